The van der Waals surface area contributed by atoms with Gasteiger partial charge in [-0.2, -0.15) is 0 Å². The number of hydrogen-bond acceptors (Lipinski definition) is 3. The van der Waals surface area contributed by atoms with E-state index in [0.29, 0.717) is 29.2 Å². The van der Waals surface area contributed by atoms with Gasteiger partial charge in [-0.3, -0.25) is 9.10 Å². The van der Waals surface area contributed by atoms with Crippen LogP contribution >= 0.6 is 11.6 Å². The number of amides is 1. The zero-order valence-electron chi connectivity index (χ0n) is 16.6. The fraction of sp³-hybridized carbons (Fsp3) is 0.174. The van der Waals surface area contributed by atoms with Crippen LogP contribution in [0, 0.1) is 13.8 Å². The first-order valence-corrected chi connectivity index (χ1v) is 11.4. The Bertz CT molecular complexity index is 1220. The molecule has 30 heavy (non-hydrogen) atoms. The Morgan fingerprint density at radius 1 is 1.00 bits per heavy atom. The maximum atomic E-state index is 13.0. The van der Waals surface area contributed by atoms with Crippen LogP contribution in [0.15, 0.2) is 65.6 Å². The standard InChI is InChI=1S/C23H21ClN2O3S/c1-15-4-3-5-16(2)22(15)25-23(27)18-6-11-21-17(14-18)12-13-26(21)30(28,29)20-9-7-19(24)8-10-20/h3-11,14H,12-13H2,1-2H3,(H,25,27). The van der Waals surface area contributed by atoms with Crippen LogP contribution in [0.25, 0.3) is 0 Å². The number of para-hydroxylation sites is 1. The molecule has 0 atom stereocenters. The number of nitrogens with zero attached hydrogens (tertiary/aromatic N) is 1. The lowest BCUT2D eigenvalue weighted by atomic mass is 10.1. The zero-order valence-corrected chi connectivity index (χ0v) is 18.2. The number of fused-ring (bicyclic) bond motifs is 1. The van der Waals surface area contributed by atoms with Gasteiger partial charge >= 0.3 is 0 Å². The Morgan fingerprint density at radius 2 is 1.67 bits per heavy atom. The van der Waals surface area contributed by atoms with E-state index in [1.165, 1.54) is 16.4 Å². The second-order valence-electron chi connectivity index (χ2n) is 7.35. The largest absolute Gasteiger partial charge is 0.322 e. The molecule has 3 aromatic rings. The van der Waals surface area contributed by atoms with E-state index < -0.39 is 10.0 Å². The summed E-state index contributed by atoms with van der Waals surface area (Å²) in [7, 11) is -3.69. The molecule has 0 radical (unpaired) electrons. The third-order valence-electron chi connectivity index (χ3n) is 5.32. The van der Waals surface area contributed by atoms with E-state index in [1.807, 2.05) is 32.0 Å². The highest BCUT2D eigenvalue weighted by Crippen LogP contribution is 2.34. The van der Waals surface area contributed by atoms with Crippen LogP contribution in [-0.4, -0.2) is 20.9 Å². The van der Waals surface area contributed by atoms with Gasteiger partial charge in [0, 0.05) is 22.8 Å². The van der Waals surface area contributed by atoms with Gasteiger partial charge in [0.2, 0.25) is 0 Å². The molecular formula is C23H21ClN2O3S. The lowest BCUT2D eigenvalue weighted by molar-refractivity contribution is 0.102. The van der Waals surface area contributed by atoms with Gasteiger partial charge in [0.15, 0.2) is 0 Å². The fourth-order valence-electron chi connectivity index (χ4n) is 3.69. The van der Waals surface area contributed by atoms with E-state index in [9.17, 15) is 13.2 Å². The minimum atomic E-state index is -3.69. The van der Waals surface area contributed by atoms with Gasteiger partial charge in [-0.15, -0.1) is 0 Å². The lowest BCUT2D eigenvalue weighted by Gasteiger charge is -2.20. The van der Waals surface area contributed by atoms with Crippen molar-refractivity contribution in [1.29, 1.82) is 0 Å². The van der Waals surface area contributed by atoms with Crippen LogP contribution in [0.4, 0.5) is 11.4 Å². The van der Waals surface area contributed by atoms with Crippen molar-refractivity contribution < 1.29 is 13.2 Å². The molecule has 0 spiro atoms. The molecule has 1 aliphatic heterocycles. The summed E-state index contributed by atoms with van der Waals surface area (Å²) in [5, 5.41) is 3.46. The van der Waals surface area contributed by atoms with E-state index >= 15 is 0 Å². The monoisotopic (exact) mass is 440 g/mol. The van der Waals surface area contributed by atoms with Crippen molar-refractivity contribution in [2.75, 3.05) is 16.2 Å². The molecule has 4 rings (SSSR count). The molecule has 7 heteroatoms. The molecule has 1 heterocycles. The summed E-state index contributed by atoms with van der Waals surface area (Å²) in [5.41, 5.74) is 4.72. The lowest BCUT2D eigenvalue weighted by Crippen LogP contribution is -2.29. The van der Waals surface area contributed by atoms with Gasteiger partial charge in [0.25, 0.3) is 15.9 Å². The molecule has 3 aromatic carbocycles. The van der Waals surface area contributed by atoms with Crippen molar-refractivity contribution in [3.63, 3.8) is 0 Å². The minimum Gasteiger partial charge on any atom is -0.322 e. The second-order valence-corrected chi connectivity index (χ2v) is 9.64. The maximum absolute atomic E-state index is 13.0. The summed E-state index contributed by atoms with van der Waals surface area (Å²) in [6.45, 7) is 4.23. The highest BCUT2D eigenvalue weighted by Gasteiger charge is 2.31. The number of hydrogen-bond donors (Lipinski definition) is 1. The smallest absolute Gasteiger partial charge is 0.264 e. The van der Waals surface area contributed by atoms with Crippen molar-refractivity contribution in [3.8, 4) is 0 Å². The molecule has 0 bridgehead atoms. The minimum absolute atomic E-state index is 0.191. The van der Waals surface area contributed by atoms with Gasteiger partial charge in [-0.05, 0) is 79.4 Å². The number of halogens is 1. The summed E-state index contributed by atoms with van der Waals surface area (Å²) in [5.74, 6) is -0.214. The molecule has 0 fully saturated rings. The van der Waals surface area contributed by atoms with Crippen LogP contribution in [0.3, 0.4) is 0 Å². The predicted molar refractivity (Wildman–Crippen MR) is 120 cm³/mol. The number of benzene rings is 3. The molecule has 1 aliphatic rings. The topological polar surface area (TPSA) is 66.5 Å². The summed E-state index contributed by atoms with van der Waals surface area (Å²) < 4.78 is 27.5. The number of aryl methyl sites for hydroxylation is 2. The average Bonchev–Trinajstić information content (AvgIpc) is 3.15. The second kappa shape index (κ2) is 7.78. The molecule has 0 aromatic heterocycles. The zero-order chi connectivity index (χ0) is 21.5. The molecule has 0 saturated carbocycles. The number of rotatable bonds is 4. The highest BCUT2D eigenvalue weighted by molar-refractivity contribution is 7.92. The number of sulfonamides is 1. The van der Waals surface area contributed by atoms with E-state index in [1.54, 1.807) is 30.3 Å². The molecule has 0 unspecified atom stereocenters. The highest BCUT2D eigenvalue weighted by atomic mass is 35.5. The first-order valence-electron chi connectivity index (χ1n) is 9.56. The van der Waals surface area contributed by atoms with Crippen molar-refractivity contribution in [3.05, 3.63) is 87.9 Å². The van der Waals surface area contributed by atoms with Crippen molar-refractivity contribution in [2.45, 2.75) is 25.2 Å². The molecular weight excluding hydrogens is 420 g/mol. The normalized spacial score (nSPS) is 13.2. The molecule has 1 N–H and O–H groups in total. The van der Waals surface area contributed by atoms with E-state index in [2.05, 4.69) is 5.32 Å². The Kier molecular flexibility index (Phi) is 5.30. The van der Waals surface area contributed by atoms with Gasteiger partial charge in [-0.1, -0.05) is 29.8 Å². The summed E-state index contributed by atoms with van der Waals surface area (Å²) in [4.78, 5) is 13.0. The number of anilines is 2. The number of carbonyl (C=O) groups excluding carboxylic acids is 1. The summed E-state index contributed by atoms with van der Waals surface area (Å²) in [6, 6.07) is 17.1. The Hall–Kier alpha value is -2.83. The first kappa shape index (κ1) is 20.4. The summed E-state index contributed by atoms with van der Waals surface area (Å²) in [6.07, 6.45) is 0.548. The molecule has 0 aliphatic carbocycles. The molecule has 1 amide bonds. The predicted octanol–water partition coefficient (Wildman–Crippen LogP) is 4.96. The van der Waals surface area contributed by atoms with Crippen molar-refractivity contribution in [2.24, 2.45) is 0 Å². The number of nitrogens with one attached hydrogen (secondary N) is 1. The Labute approximate surface area is 181 Å². The summed E-state index contributed by atoms with van der Waals surface area (Å²) >= 11 is 5.88. The van der Waals surface area contributed by atoms with Gasteiger partial charge in [0.05, 0.1) is 10.6 Å². The Morgan fingerprint density at radius 3 is 2.33 bits per heavy atom. The van der Waals surface area contributed by atoms with Crippen molar-refractivity contribution >= 4 is 38.9 Å². The van der Waals surface area contributed by atoms with Gasteiger partial charge < -0.3 is 5.32 Å². The van der Waals surface area contributed by atoms with Gasteiger partial charge in [-0.25, -0.2) is 8.42 Å². The Balaban J connectivity index is 1.61. The van der Waals surface area contributed by atoms with E-state index in [4.69, 9.17) is 11.6 Å². The van der Waals surface area contributed by atoms with E-state index in [-0.39, 0.29) is 10.8 Å². The van der Waals surface area contributed by atoms with Crippen LogP contribution in [0.1, 0.15) is 27.0 Å². The fourth-order valence-corrected chi connectivity index (χ4v) is 5.32. The maximum Gasteiger partial charge on any atom is 0.264 e. The third kappa shape index (κ3) is 3.68. The van der Waals surface area contributed by atoms with E-state index in [0.717, 1.165) is 22.4 Å². The van der Waals surface area contributed by atoms with Crippen molar-refractivity contribution in [1.82, 2.24) is 0 Å². The molecule has 154 valence electrons. The SMILES string of the molecule is Cc1cccc(C)c1NC(=O)c1ccc2c(c1)CCN2S(=O)(=O)c1ccc(Cl)cc1. The van der Waals surface area contributed by atoms with Gasteiger partial charge in [0.1, 0.15) is 0 Å². The third-order valence-corrected chi connectivity index (χ3v) is 7.40. The number of carbonyl (C=O) groups is 1. The first-order chi connectivity index (χ1) is 14.3. The molecule has 5 nitrogen and oxygen atoms in total. The van der Waals surface area contributed by atoms with Crippen LogP contribution in [0.5, 0.6) is 0 Å². The van der Waals surface area contributed by atoms with Crippen LogP contribution in [0.2, 0.25) is 5.02 Å². The average molecular weight is 441 g/mol. The quantitative estimate of drug-likeness (QED) is 0.623. The van der Waals surface area contributed by atoms with Crippen LogP contribution in [-0.2, 0) is 16.4 Å². The van der Waals surface area contributed by atoms with Crippen LogP contribution < -0.4 is 9.62 Å². The molecule has 0 saturated heterocycles.